The van der Waals surface area contributed by atoms with Crippen LogP contribution in [0.3, 0.4) is 0 Å². The van der Waals surface area contributed by atoms with Crippen molar-refractivity contribution < 1.29 is 4.42 Å². The molecule has 0 unspecified atom stereocenters. The number of nitrogens with zero attached hydrogens (tertiary/aromatic N) is 3. The summed E-state index contributed by atoms with van der Waals surface area (Å²) >= 11 is 6.43. The molecule has 2 heterocycles. The van der Waals surface area contributed by atoms with Crippen LogP contribution >= 0.6 is 11.6 Å². The fraction of sp³-hybridized carbons (Fsp3) is 0. The molecule has 7 aromatic rings. The van der Waals surface area contributed by atoms with Gasteiger partial charge in [0.2, 0.25) is 5.28 Å². The zero-order chi connectivity index (χ0) is 24.1. The van der Waals surface area contributed by atoms with Crippen molar-refractivity contribution in [2.45, 2.75) is 0 Å². The first-order valence-electron chi connectivity index (χ1n) is 11.6. The molecular formula is C31H18ClN3O. The number of para-hydroxylation sites is 1. The van der Waals surface area contributed by atoms with Crippen LogP contribution < -0.4 is 0 Å². The largest absolute Gasteiger partial charge is 0.456 e. The molecule has 0 atom stereocenters. The highest BCUT2D eigenvalue weighted by molar-refractivity contribution is 6.28. The molecule has 0 amide bonds. The van der Waals surface area contributed by atoms with Crippen LogP contribution in [0.1, 0.15) is 0 Å². The van der Waals surface area contributed by atoms with Crippen LogP contribution in [0, 0.1) is 0 Å². The van der Waals surface area contributed by atoms with Crippen LogP contribution in [0.5, 0.6) is 0 Å². The summed E-state index contributed by atoms with van der Waals surface area (Å²) < 4.78 is 6.05. The Bertz CT molecular complexity index is 1930. The minimum atomic E-state index is 0.149. The van der Waals surface area contributed by atoms with Crippen LogP contribution in [0.4, 0.5) is 0 Å². The van der Waals surface area contributed by atoms with Crippen molar-refractivity contribution in [1.82, 2.24) is 15.0 Å². The summed E-state index contributed by atoms with van der Waals surface area (Å²) in [4.78, 5) is 13.8. The topological polar surface area (TPSA) is 51.8 Å². The Morgan fingerprint density at radius 1 is 0.528 bits per heavy atom. The van der Waals surface area contributed by atoms with E-state index in [2.05, 4.69) is 64.6 Å². The van der Waals surface area contributed by atoms with E-state index in [4.69, 9.17) is 21.0 Å². The summed E-state index contributed by atoms with van der Waals surface area (Å²) in [5, 5.41) is 4.54. The van der Waals surface area contributed by atoms with Crippen LogP contribution in [-0.4, -0.2) is 15.0 Å². The maximum absolute atomic E-state index is 6.43. The summed E-state index contributed by atoms with van der Waals surface area (Å²) in [6.07, 6.45) is 0. The molecule has 5 aromatic carbocycles. The molecule has 36 heavy (non-hydrogen) atoms. The smallest absolute Gasteiger partial charge is 0.226 e. The van der Waals surface area contributed by atoms with E-state index in [-0.39, 0.29) is 5.28 Å². The number of furan rings is 1. The van der Waals surface area contributed by atoms with E-state index < -0.39 is 0 Å². The third-order valence-corrected chi connectivity index (χ3v) is 6.62. The van der Waals surface area contributed by atoms with Gasteiger partial charge in [-0.3, -0.25) is 0 Å². The highest BCUT2D eigenvalue weighted by Gasteiger charge is 2.16. The second kappa shape index (κ2) is 8.29. The van der Waals surface area contributed by atoms with E-state index >= 15 is 0 Å². The predicted molar refractivity (Wildman–Crippen MR) is 146 cm³/mol. The SMILES string of the molecule is Clc1nc(-c2cccc(-c3ccc4ccccc4c3)c2)nc(-c2cccc3oc4ccccc4c23)n1. The molecule has 4 nitrogen and oxygen atoms in total. The van der Waals surface area contributed by atoms with Crippen molar-refractivity contribution in [3.05, 3.63) is 114 Å². The number of hydrogen-bond donors (Lipinski definition) is 0. The summed E-state index contributed by atoms with van der Waals surface area (Å²) in [5.74, 6) is 1.04. The molecule has 0 spiro atoms. The highest BCUT2D eigenvalue weighted by Crippen LogP contribution is 2.36. The Balaban J connectivity index is 1.36. The van der Waals surface area contributed by atoms with E-state index in [9.17, 15) is 0 Å². The first kappa shape index (κ1) is 20.8. The first-order valence-corrected chi connectivity index (χ1v) is 12.0. The number of fused-ring (bicyclic) bond motifs is 4. The molecular weight excluding hydrogens is 466 g/mol. The maximum atomic E-state index is 6.43. The molecule has 0 aliphatic heterocycles. The van der Waals surface area contributed by atoms with Crippen molar-refractivity contribution in [2.75, 3.05) is 0 Å². The Morgan fingerprint density at radius 2 is 1.25 bits per heavy atom. The number of hydrogen-bond acceptors (Lipinski definition) is 4. The zero-order valence-corrected chi connectivity index (χ0v) is 19.8. The number of benzene rings is 5. The lowest BCUT2D eigenvalue weighted by molar-refractivity contribution is 0.669. The average molecular weight is 484 g/mol. The van der Waals surface area contributed by atoms with Crippen molar-refractivity contribution in [3.63, 3.8) is 0 Å². The van der Waals surface area contributed by atoms with Gasteiger partial charge in [-0.15, -0.1) is 0 Å². The first-order chi connectivity index (χ1) is 17.7. The fourth-order valence-electron chi connectivity index (χ4n) is 4.77. The Hall–Kier alpha value is -4.54. The van der Waals surface area contributed by atoms with Gasteiger partial charge >= 0.3 is 0 Å². The molecule has 0 saturated heterocycles. The third kappa shape index (κ3) is 3.51. The van der Waals surface area contributed by atoms with E-state index in [1.54, 1.807) is 0 Å². The standard InChI is InChI=1S/C31H18ClN3O/c32-31-34-29(23-10-5-9-21(18-23)22-16-15-19-7-1-2-8-20(19)17-22)33-30(35-31)25-12-6-14-27-28(25)24-11-3-4-13-26(24)36-27/h1-18H. The highest BCUT2D eigenvalue weighted by atomic mass is 35.5. The monoisotopic (exact) mass is 483 g/mol. The van der Waals surface area contributed by atoms with Crippen molar-refractivity contribution in [3.8, 4) is 33.9 Å². The molecule has 2 aromatic heterocycles. The molecule has 0 bridgehead atoms. The van der Waals surface area contributed by atoms with Crippen LogP contribution in [-0.2, 0) is 0 Å². The van der Waals surface area contributed by atoms with Crippen molar-refractivity contribution >= 4 is 44.3 Å². The molecule has 5 heteroatoms. The fourth-order valence-corrected chi connectivity index (χ4v) is 4.93. The molecule has 0 radical (unpaired) electrons. The molecule has 0 aliphatic rings. The zero-order valence-electron chi connectivity index (χ0n) is 19.0. The molecule has 0 saturated carbocycles. The summed E-state index contributed by atoms with van der Waals surface area (Å²) in [7, 11) is 0. The Kier molecular flexibility index (Phi) is 4.79. The normalized spacial score (nSPS) is 11.5. The maximum Gasteiger partial charge on any atom is 0.226 e. The minimum Gasteiger partial charge on any atom is -0.456 e. The second-order valence-electron chi connectivity index (χ2n) is 8.67. The van der Waals surface area contributed by atoms with Crippen LogP contribution in [0.2, 0.25) is 5.28 Å². The van der Waals surface area contributed by atoms with Gasteiger partial charge in [0, 0.05) is 21.9 Å². The second-order valence-corrected chi connectivity index (χ2v) is 9.01. The minimum absolute atomic E-state index is 0.149. The predicted octanol–water partition coefficient (Wildman–Crippen LogP) is 8.58. The van der Waals surface area contributed by atoms with Gasteiger partial charge in [0.15, 0.2) is 11.6 Å². The van der Waals surface area contributed by atoms with E-state index in [1.807, 2.05) is 54.6 Å². The molecule has 0 fully saturated rings. The van der Waals surface area contributed by atoms with Gasteiger partial charge < -0.3 is 4.42 Å². The van der Waals surface area contributed by atoms with Gasteiger partial charge in [-0.2, -0.15) is 9.97 Å². The summed E-state index contributed by atoms with van der Waals surface area (Å²) in [6, 6.07) is 36.9. The summed E-state index contributed by atoms with van der Waals surface area (Å²) in [5.41, 5.74) is 5.54. The van der Waals surface area contributed by atoms with Gasteiger partial charge in [0.05, 0.1) is 0 Å². The van der Waals surface area contributed by atoms with Gasteiger partial charge in [0.1, 0.15) is 11.2 Å². The lowest BCUT2D eigenvalue weighted by Crippen LogP contribution is -1.97. The van der Waals surface area contributed by atoms with Crippen LogP contribution in [0.25, 0.3) is 66.6 Å². The molecule has 0 N–H and O–H groups in total. The average Bonchev–Trinajstić information content (AvgIpc) is 3.31. The number of aromatic nitrogens is 3. The van der Waals surface area contributed by atoms with Gasteiger partial charge in [0.25, 0.3) is 0 Å². The van der Waals surface area contributed by atoms with E-state index in [1.165, 1.54) is 10.8 Å². The van der Waals surface area contributed by atoms with Crippen LogP contribution in [0.15, 0.2) is 114 Å². The molecule has 170 valence electrons. The van der Waals surface area contributed by atoms with E-state index in [0.29, 0.717) is 11.6 Å². The Morgan fingerprint density at radius 3 is 2.19 bits per heavy atom. The number of halogens is 1. The lowest BCUT2D eigenvalue weighted by Gasteiger charge is -2.09. The van der Waals surface area contributed by atoms with E-state index in [0.717, 1.165) is 44.2 Å². The lowest BCUT2D eigenvalue weighted by atomic mass is 9.99. The van der Waals surface area contributed by atoms with Gasteiger partial charge in [-0.05, 0) is 57.8 Å². The molecule has 0 aliphatic carbocycles. The van der Waals surface area contributed by atoms with Gasteiger partial charge in [-0.25, -0.2) is 4.98 Å². The van der Waals surface area contributed by atoms with Gasteiger partial charge in [-0.1, -0.05) is 84.9 Å². The van der Waals surface area contributed by atoms with Crippen molar-refractivity contribution in [2.24, 2.45) is 0 Å². The number of rotatable bonds is 3. The quantitative estimate of drug-likeness (QED) is 0.252. The molecule has 7 rings (SSSR count). The third-order valence-electron chi connectivity index (χ3n) is 6.46. The van der Waals surface area contributed by atoms with Crippen molar-refractivity contribution in [1.29, 1.82) is 0 Å². The Labute approximate surface area is 211 Å². The summed E-state index contributed by atoms with van der Waals surface area (Å²) in [6.45, 7) is 0.